The Morgan fingerprint density at radius 3 is 2.68 bits per heavy atom. The summed E-state index contributed by atoms with van der Waals surface area (Å²) in [6.07, 6.45) is 0.180. The van der Waals surface area contributed by atoms with Crippen LogP contribution >= 0.6 is 0 Å². The molecule has 0 radical (unpaired) electrons. The van der Waals surface area contributed by atoms with Crippen LogP contribution in [-0.4, -0.2) is 31.3 Å². The Morgan fingerprint density at radius 1 is 1.16 bits per heavy atom. The number of nitrogens with one attached hydrogen (secondary N) is 1. The first-order valence-electron chi connectivity index (χ1n) is 8.04. The van der Waals surface area contributed by atoms with Gasteiger partial charge in [-0.1, -0.05) is 16.8 Å². The fraction of sp³-hybridized carbons (Fsp3) is 0.263. The number of carbonyl (C=O) groups is 1. The molecule has 1 aromatic heterocycles. The van der Waals surface area contributed by atoms with Crippen LogP contribution in [-0.2, 0) is 11.2 Å². The van der Waals surface area contributed by atoms with Crippen LogP contribution in [0.5, 0.6) is 11.5 Å². The van der Waals surface area contributed by atoms with Crippen LogP contribution < -0.4 is 14.8 Å². The highest BCUT2D eigenvalue weighted by Crippen LogP contribution is 2.20. The predicted octanol–water partition coefficient (Wildman–Crippen LogP) is 2.88. The second kappa shape index (κ2) is 7.70. The van der Waals surface area contributed by atoms with Crippen molar-refractivity contribution in [3.05, 3.63) is 53.7 Å². The molecule has 0 bridgehead atoms. The fourth-order valence-electron chi connectivity index (χ4n) is 2.48. The van der Waals surface area contributed by atoms with Gasteiger partial charge in [0.2, 0.25) is 5.91 Å². The quantitative estimate of drug-likeness (QED) is 0.670. The fourth-order valence-corrected chi connectivity index (χ4v) is 2.48. The summed E-state index contributed by atoms with van der Waals surface area (Å²) in [5.41, 5.74) is 2.44. The number of hydrogen-bond acceptors (Lipinski definition) is 5. The van der Waals surface area contributed by atoms with Gasteiger partial charge in [0.1, 0.15) is 23.8 Å². The lowest BCUT2D eigenvalue weighted by Gasteiger charge is -2.08. The molecule has 3 rings (SSSR count). The van der Waals surface area contributed by atoms with E-state index >= 15 is 0 Å². The maximum atomic E-state index is 12.1. The number of aryl methyl sites for hydroxylation is 1. The Morgan fingerprint density at radius 2 is 1.92 bits per heavy atom. The van der Waals surface area contributed by atoms with Gasteiger partial charge in [0.15, 0.2) is 5.58 Å². The summed E-state index contributed by atoms with van der Waals surface area (Å²) >= 11 is 0. The van der Waals surface area contributed by atoms with Gasteiger partial charge < -0.3 is 19.3 Å². The van der Waals surface area contributed by atoms with E-state index in [4.69, 9.17) is 14.0 Å². The van der Waals surface area contributed by atoms with E-state index in [0.29, 0.717) is 24.4 Å². The smallest absolute Gasteiger partial charge is 0.226 e. The van der Waals surface area contributed by atoms with Gasteiger partial charge in [0, 0.05) is 5.39 Å². The molecule has 1 amide bonds. The average Bonchev–Trinajstić information content (AvgIpc) is 3.01. The van der Waals surface area contributed by atoms with Crippen LogP contribution in [0.3, 0.4) is 0 Å². The van der Waals surface area contributed by atoms with Gasteiger partial charge in [-0.2, -0.15) is 0 Å². The number of fused-ring (bicyclic) bond motifs is 1. The van der Waals surface area contributed by atoms with Gasteiger partial charge in [-0.15, -0.1) is 0 Å². The third-order valence-corrected chi connectivity index (χ3v) is 3.78. The van der Waals surface area contributed by atoms with Gasteiger partial charge in [0.05, 0.1) is 20.1 Å². The number of rotatable bonds is 7. The number of carbonyl (C=O) groups excluding carboxylic acids is 1. The zero-order valence-electron chi connectivity index (χ0n) is 14.2. The number of amides is 1. The van der Waals surface area contributed by atoms with Crippen LogP contribution in [0.15, 0.2) is 47.0 Å². The number of aromatic nitrogens is 1. The summed E-state index contributed by atoms with van der Waals surface area (Å²) < 4.78 is 15.9. The zero-order valence-corrected chi connectivity index (χ0v) is 14.2. The lowest BCUT2D eigenvalue weighted by atomic mass is 10.1. The Labute approximate surface area is 145 Å². The minimum Gasteiger partial charge on any atom is -0.497 e. The summed E-state index contributed by atoms with van der Waals surface area (Å²) in [6, 6.07) is 13.1. The first-order valence-corrected chi connectivity index (χ1v) is 8.04. The number of benzene rings is 2. The maximum absolute atomic E-state index is 12.1. The number of nitrogens with zero attached hydrogens (tertiary/aromatic N) is 1. The third kappa shape index (κ3) is 4.29. The number of methoxy groups -OCH3 is 1. The van der Waals surface area contributed by atoms with E-state index in [9.17, 15) is 4.79 Å². The molecule has 1 N–H and O–H groups in total. The predicted molar refractivity (Wildman–Crippen MR) is 93.9 cm³/mol. The molecule has 0 aliphatic heterocycles. The number of hydrogen-bond donors (Lipinski definition) is 1. The molecule has 0 saturated heterocycles. The van der Waals surface area contributed by atoms with Crippen molar-refractivity contribution in [1.82, 2.24) is 10.5 Å². The zero-order chi connectivity index (χ0) is 17.6. The summed E-state index contributed by atoms with van der Waals surface area (Å²) in [5.74, 6) is 1.39. The second-order valence-corrected chi connectivity index (χ2v) is 5.68. The topological polar surface area (TPSA) is 73.6 Å². The first-order chi connectivity index (χ1) is 12.2. The maximum Gasteiger partial charge on any atom is 0.226 e. The van der Waals surface area contributed by atoms with E-state index in [1.54, 1.807) is 7.11 Å². The molecule has 0 spiro atoms. The SMILES string of the molecule is COc1ccc(OCCNC(=O)Cc2noc3ccc(C)cc23)cc1. The van der Waals surface area contributed by atoms with Crippen molar-refractivity contribution in [2.24, 2.45) is 0 Å². The van der Waals surface area contributed by atoms with Crippen molar-refractivity contribution in [3.63, 3.8) is 0 Å². The molecule has 6 heteroatoms. The highest BCUT2D eigenvalue weighted by molar-refractivity contribution is 5.86. The van der Waals surface area contributed by atoms with Crippen molar-refractivity contribution >= 4 is 16.9 Å². The van der Waals surface area contributed by atoms with Crippen molar-refractivity contribution in [3.8, 4) is 11.5 Å². The molecule has 3 aromatic rings. The minimum absolute atomic E-state index is 0.116. The molecule has 0 aliphatic rings. The molecule has 130 valence electrons. The minimum atomic E-state index is -0.116. The normalized spacial score (nSPS) is 10.6. The molecule has 0 atom stereocenters. The van der Waals surface area contributed by atoms with Crippen molar-refractivity contribution in [2.75, 3.05) is 20.3 Å². The van der Waals surface area contributed by atoms with Crippen molar-refractivity contribution in [1.29, 1.82) is 0 Å². The highest BCUT2D eigenvalue weighted by Gasteiger charge is 2.12. The molecule has 0 saturated carbocycles. The van der Waals surface area contributed by atoms with Crippen LogP contribution in [0.25, 0.3) is 11.0 Å². The lowest BCUT2D eigenvalue weighted by Crippen LogP contribution is -2.29. The Hall–Kier alpha value is -3.02. The van der Waals surface area contributed by atoms with Crippen molar-refractivity contribution < 1.29 is 18.8 Å². The molecule has 0 fully saturated rings. The van der Waals surface area contributed by atoms with Gasteiger partial charge in [-0.3, -0.25) is 4.79 Å². The molecule has 2 aromatic carbocycles. The summed E-state index contributed by atoms with van der Waals surface area (Å²) in [7, 11) is 1.62. The van der Waals surface area contributed by atoms with E-state index < -0.39 is 0 Å². The van der Waals surface area contributed by atoms with E-state index in [-0.39, 0.29) is 12.3 Å². The Kier molecular flexibility index (Phi) is 5.18. The summed E-state index contributed by atoms with van der Waals surface area (Å²) in [5, 5.41) is 7.69. The third-order valence-electron chi connectivity index (χ3n) is 3.78. The first kappa shape index (κ1) is 16.8. The van der Waals surface area contributed by atoms with Crippen LogP contribution in [0.2, 0.25) is 0 Å². The molecule has 1 heterocycles. The van der Waals surface area contributed by atoms with E-state index in [2.05, 4.69) is 10.5 Å². The second-order valence-electron chi connectivity index (χ2n) is 5.68. The Balaban J connectivity index is 1.46. The highest BCUT2D eigenvalue weighted by atomic mass is 16.5. The van der Waals surface area contributed by atoms with Gasteiger partial charge in [-0.25, -0.2) is 0 Å². The molecule has 0 aliphatic carbocycles. The monoisotopic (exact) mass is 340 g/mol. The molecular formula is C19H20N2O4. The largest absolute Gasteiger partial charge is 0.497 e. The molecular weight excluding hydrogens is 320 g/mol. The van der Waals surface area contributed by atoms with Crippen LogP contribution in [0, 0.1) is 6.92 Å². The number of ether oxygens (including phenoxy) is 2. The molecule has 6 nitrogen and oxygen atoms in total. The van der Waals surface area contributed by atoms with Gasteiger partial charge >= 0.3 is 0 Å². The van der Waals surface area contributed by atoms with Crippen LogP contribution in [0.1, 0.15) is 11.3 Å². The molecule has 25 heavy (non-hydrogen) atoms. The van der Waals surface area contributed by atoms with E-state index in [1.165, 1.54) is 0 Å². The molecule has 0 unspecified atom stereocenters. The Bertz CT molecular complexity index is 855. The van der Waals surface area contributed by atoms with E-state index in [1.807, 2.05) is 49.4 Å². The van der Waals surface area contributed by atoms with Crippen molar-refractivity contribution in [2.45, 2.75) is 13.3 Å². The standard InChI is InChI=1S/C19H20N2O4/c1-13-3-8-18-16(11-13)17(21-25-18)12-19(22)20-9-10-24-15-6-4-14(23-2)5-7-15/h3-8,11H,9-10,12H2,1-2H3,(H,20,22). The van der Waals surface area contributed by atoms with Gasteiger partial charge in [-0.05, 0) is 43.3 Å². The average molecular weight is 340 g/mol. The summed E-state index contributed by atoms with van der Waals surface area (Å²) in [4.78, 5) is 12.1. The van der Waals surface area contributed by atoms with E-state index in [0.717, 1.165) is 22.4 Å². The summed E-state index contributed by atoms with van der Waals surface area (Å²) in [6.45, 7) is 2.79. The van der Waals surface area contributed by atoms with Crippen LogP contribution in [0.4, 0.5) is 0 Å². The van der Waals surface area contributed by atoms with Gasteiger partial charge in [0.25, 0.3) is 0 Å². The lowest BCUT2D eigenvalue weighted by molar-refractivity contribution is -0.120.